The SMILES string of the molecule is Cc1ccsc1-c1nc(C)c(C)c(NN)n1. The van der Waals surface area contributed by atoms with Gasteiger partial charge in [0.05, 0.1) is 4.88 Å². The summed E-state index contributed by atoms with van der Waals surface area (Å²) in [7, 11) is 0. The second-order valence-electron chi connectivity index (χ2n) is 3.68. The number of nitrogens with zero attached hydrogens (tertiary/aromatic N) is 2. The molecule has 2 heterocycles. The fraction of sp³-hybridized carbons (Fsp3) is 0.273. The number of rotatable bonds is 2. The molecule has 0 fully saturated rings. The van der Waals surface area contributed by atoms with Gasteiger partial charge in [-0.3, -0.25) is 0 Å². The lowest BCUT2D eigenvalue weighted by Gasteiger charge is -2.08. The van der Waals surface area contributed by atoms with Gasteiger partial charge in [0, 0.05) is 11.3 Å². The van der Waals surface area contributed by atoms with E-state index in [4.69, 9.17) is 5.84 Å². The van der Waals surface area contributed by atoms with E-state index in [1.54, 1.807) is 11.3 Å². The van der Waals surface area contributed by atoms with Crippen molar-refractivity contribution < 1.29 is 0 Å². The molecule has 5 heteroatoms. The standard InChI is InChI=1S/C11H14N4S/c1-6-4-5-16-9(6)11-13-8(3)7(2)10(14-11)15-12/h4-5H,12H2,1-3H3,(H,13,14,15). The lowest BCUT2D eigenvalue weighted by Crippen LogP contribution is -2.12. The molecule has 0 aliphatic heterocycles. The van der Waals surface area contributed by atoms with E-state index in [9.17, 15) is 0 Å². The van der Waals surface area contributed by atoms with E-state index in [2.05, 4.69) is 28.4 Å². The third-order valence-corrected chi connectivity index (χ3v) is 3.60. The van der Waals surface area contributed by atoms with Crippen molar-refractivity contribution in [1.82, 2.24) is 9.97 Å². The molecule has 0 amide bonds. The number of hydrogen-bond acceptors (Lipinski definition) is 5. The molecule has 0 aliphatic rings. The third-order valence-electron chi connectivity index (χ3n) is 2.59. The van der Waals surface area contributed by atoms with E-state index in [1.165, 1.54) is 5.56 Å². The van der Waals surface area contributed by atoms with Gasteiger partial charge in [-0.25, -0.2) is 15.8 Å². The maximum absolute atomic E-state index is 5.44. The lowest BCUT2D eigenvalue weighted by molar-refractivity contribution is 1.06. The maximum atomic E-state index is 5.44. The quantitative estimate of drug-likeness (QED) is 0.618. The molecule has 2 aromatic heterocycles. The highest BCUT2D eigenvalue weighted by atomic mass is 32.1. The van der Waals surface area contributed by atoms with Crippen molar-refractivity contribution in [3.8, 4) is 10.7 Å². The van der Waals surface area contributed by atoms with Gasteiger partial charge in [0.15, 0.2) is 5.82 Å². The number of aromatic nitrogens is 2. The minimum atomic E-state index is 0.690. The second-order valence-corrected chi connectivity index (χ2v) is 4.60. The zero-order chi connectivity index (χ0) is 11.7. The number of nitrogens with two attached hydrogens (primary N) is 1. The van der Waals surface area contributed by atoms with Crippen molar-refractivity contribution in [2.24, 2.45) is 5.84 Å². The molecule has 0 unspecified atom stereocenters. The molecule has 0 aliphatic carbocycles. The van der Waals surface area contributed by atoms with Crippen molar-refractivity contribution in [3.05, 3.63) is 28.3 Å². The number of aryl methyl sites for hydroxylation is 2. The van der Waals surface area contributed by atoms with Crippen molar-refractivity contribution in [1.29, 1.82) is 0 Å². The summed E-state index contributed by atoms with van der Waals surface area (Å²) in [5.74, 6) is 6.87. The molecule has 0 bridgehead atoms. The molecule has 0 radical (unpaired) electrons. The molecule has 2 aromatic rings. The Labute approximate surface area is 98.5 Å². The summed E-state index contributed by atoms with van der Waals surface area (Å²) >= 11 is 1.64. The normalized spacial score (nSPS) is 10.5. The Balaban J connectivity index is 2.59. The van der Waals surface area contributed by atoms with Crippen molar-refractivity contribution in [2.45, 2.75) is 20.8 Å². The number of hydrazine groups is 1. The van der Waals surface area contributed by atoms with Gasteiger partial charge in [-0.15, -0.1) is 11.3 Å². The van der Waals surface area contributed by atoms with Crippen LogP contribution in [0.15, 0.2) is 11.4 Å². The Morgan fingerprint density at radius 1 is 1.25 bits per heavy atom. The van der Waals surface area contributed by atoms with Crippen LogP contribution in [0.2, 0.25) is 0 Å². The van der Waals surface area contributed by atoms with Crippen LogP contribution in [0.5, 0.6) is 0 Å². The summed E-state index contributed by atoms with van der Waals surface area (Å²) in [4.78, 5) is 10.0. The maximum Gasteiger partial charge on any atom is 0.172 e. The highest BCUT2D eigenvalue weighted by molar-refractivity contribution is 7.13. The predicted molar refractivity (Wildman–Crippen MR) is 67.4 cm³/mol. The number of thiophene rings is 1. The summed E-state index contributed by atoms with van der Waals surface area (Å²) in [6.07, 6.45) is 0. The minimum Gasteiger partial charge on any atom is -0.308 e. The third kappa shape index (κ3) is 1.79. The lowest BCUT2D eigenvalue weighted by atomic mass is 10.2. The van der Waals surface area contributed by atoms with Gasteiger partial charge in [0.1, 0.15) is 5.82 Å². The average Bonchev–Trinajstić information content (AvgIpc) is 2.68. The van der Waals surface area contributed by atoms with E-state index in [0.717, 1.165) is 22.0 Å². The van der Waals surface area contributed by atoms with Crippen LogP contribution >= 0.6 is 11.3 Å². The molecular formula is C11H14N4S. The molecule has 0 aromatic carbocycles. The Kier molecular flexibility index (Phi) is 2.89. The van der Waals surface area contributed by atoms with E-state index in [-0.39, 0.29) is 0 Å². The predicted octanol–water partition coefficient (Wildman–Crippen LogP) is 2.42. The molecule has 4 nitrogen and oxygen atoms in total. The molecule has 16 heavy (non-hydrogen) atoms. The number of nitrogen functional groups attached to an aromatic ring is 1. The fourth-order valence-corrected chi connectivity index (χ4v) is 2.33. The molecule has 0 atom stereocenters. The van der Waals surface area contributed by atoms with Crippen LogP contribution in [0.4, 0.5) is 5.82 Å². The van der Waals surface area contributed by atoms with Crippen LogP contribution in [-0.2, 0) is 0 Å². The van der Waals surface area contributed by atoms with E-state index in [0.29, 0.717) is 5.82 Å². The first-order chi connectivity index (χ1) is 7.63. The number of hydrogen-bond donors (Lipinski definition) is 2. The van der Waals surface area contributed by atoms with Gasteiger partial charge in [-0.1, -0.05) is 0 Å². The first-order valence-electron chi connectivity index (χ1n) is 4.99. The van der Waals surface area contributed by atoms with Gasteiger partial charge in [0.25, 0.3) is 0 Å². The van der Waals surface area contributed by atoms with Gasteiger partial charge in [-0.05, 0) is 37.8 Å². The minimum absolute atomic E-state index is 0.690. The molecule has 3 N–H and O–H groups in total. The Morgan fingerprint density at radius 3 is 2.56 bits per heavy atom. The van der Waals surface area contributed by atoms with E-state index in [1.807, 2.05) is 19.2 Å². The highest BCUT2D eigenvalue weighted by Crippen LogP contribution is 2.28. The molecule has 2 rings (SSSR count). The van der Waals surface area contributed by atoms with Crippen LogP contribution in [0.1, 0.15) is 16.8 Å². The average molecular weight is 234 g/mol. The summed E-state index contributed by atoms with van der Waals surface area (Å²) in [6.45, 7) is 5.97. The zero-order valence-corrected chi connectivity index (χ0v) is 10.4. The van der Waals surface area contributed by atoms with E-state index < -0.39 is 0 Å². The van der Waals surface area contributed by atoms with E-state index >= 15 is 0 Å². The Bertz CT molecular complexity index is 519. The smallest absolute Gasteiger partial charge is 0.172 e. The van der Waals surface area contributed by atoms with Crippen molar-refractivity contribution in [2.75, 3.05) is 5.43 Å². The molecule has 84 valence electrons. The van der Waals surface area contributed by atoms with Gasteiger partial charge >= 0.3 is 0 Å². The van der Waals surface area contributed by atoms with Crippen molar-refractivity contribution >= 4 is 17.2 Å². The topological polar surface area (TPSA) is 63.8 Å². The highest BCUT2D eigenvalue weighted by Gasteiger charge is 2.11. The number of nitrogens with one attached hydrogen (secondary N) is 1. The monoisotopic (exact) mass is 234 g/mol. The summed E-state index contributed by atoms with van der Waals surface area (Å²) in [6, 6.07) is 2.06. The molecule has 0 spiro atoms. The molecule has 0 saturated carbocycles. The van der Waals surface area contributed by atoms with Gasteiger partial charge in [-0.2, -0.15) is 0 Å². The fourth-order valence-electron chi connectivity index (χ4n) is 1.47. The summed E-state index contributed by atoms with van der Waals surface area (Å²) < 4.78 is 0. The molecular weight excluding hydrogens is 220 g/mol. The van der Waals surface area contributed by atoms with Gasteiger partial charge < -0.3 is 5.43 Å². The van der Waals surface area contributed by atoms with Crippen LogP contribution in [0.25, 0.3) is 10.7 Å². The van der Waals surface area contributed by atoms with Crippen LogP contribution in [0, 0.1) is 20.8 Å². The van der Waals surface area contributed by atoms with Gasteiger partial charge in [0.2, 0.25) is 0 Å². The Hall–Kier alpha value is -1.46. The van der Waals surface area contributed by atoms with Crippen LogP contribution in [-0.4, -0.2) is 9.97 Å². The summed E-state index contributed by atoms with van der Waals surface area (Å²) in [5, 5.41) is 2.04. The molecule has 0 saturated heterocycles. The Morgan fingerprint density at radius 2 is 2.00 bits per heavy atom. The van der Waals surface area contributed by atoms with Crippen LogP contribution in [0.3, 0.4) is 0 Å². The summed E-state index contributed by atoms with van der Waals surface area (Å²) in [5.41, 5.74) is 5.74. The van der Waals surface area contributed by atoms with Crippen molar-refractivity contribution in [3.63, 3.8) is 0 Å². The largest absolute Gasteiger partial charge is 0.308 e. The zero-order valence-electron chi connectivity index (χ0n) is 9.53. The first-order valence-corrected chi connectivity index (χ1v) is 5.87. The second kappa shape index (κ2) is 4.19. The van der Waals surface area contributed by atoms with Crippen LogP contribution < -0.4 is 11.3 Å². The first kappa shape index (κ1) is 11.0. The number of anilines is 1.